The van der Waals surface area contributed by atoms with Gasteiger partial charge in [0.2, 0.25) is 0 Å². The molecule has 15 heavy (non-hydrogen) atoms. The van der Waals surface area contributed by atoms with Crippen molar-refractivity contribution in [1.82, 2.24) is 19.6 Å². The average Bonchev–Trinajstić information content (AvgIpc) is 2.62. The van der Waals surface area contributed by atoms with Crippen molar-refractivity contribution < 1.29 is 9.90 Å². The van der Waals surface area contributed by atoms with E-state index in [0.717, 1.165) is 4.52 Å². The Kier molecular flexibility index (Phi) is 2.11. The molecule has 0 radical (unpaired) electrons. The first-order valence-electron chi connectivity index (χ1n) is 4.51. The summed E-state index contributed by atoms with van der Waals surface area (Å²) in [6.07, 6.45) is 1.26. The minimum absolute atomic E-state index is 0.0267. The summed E-state index contributed by atoms with van der Waals surface area (Å²) in [7, 11) is 0. The Balaban J connectivity index is 2.74. The molecule has 78 valence electrons. The molecular weight excluding hydrogens is 196 g/mol. The highest BCUT2D eigenvalue weighted by molar-refractivity contribution is 5.84. The van der Waals surface area contributed by atoms with Crippen LogP contribution in [-0.4, -0.2) is 25.6 Å². The van der Waals surface area contributed by atoms with Gasteiger partial charge in [0, 0.05) is 5.69 Å². The fourth-order valence-corrected chi connectivity index (χ4v) is 1.27. The van der Waals surface area contributed by atoms with Crippen LogP contribution in [0.15, 0.2) is 12.4 Å². The molecule has 6 nitrogen and oxygen atoms in total. The third-order valence-corrected chi connectivity index (χ3v) is 2.07. The van der Waals surface area contributed by atoms with Gasteiger partial charge in [0.25, 0.3) is 5.78 Å². The number of hydrogen-bond acceptors (Lipinski definition) is 5. The Morgan fingerprint density at radius 3 is 2.87 bits per heavy atom. The lowest BCUT2D eigenvalue weighted by Gasteiger charge is -2.09. The zero-order chi connectivity index (χ0) is 11.0. The van der Waals surface area contributed by atoms with Crippen LogP contribution in [0.5, 0.6) is 0 Å². The van der Waals surface area contributed by atoms with Crippen LogP contribution in [0.3, 0.4) is 0 Å². The van der Waals surface area contributed by atoms with Crippen molar-refractivity contribution in [3.05, 3.63) is 23.8 Å². The van der Waals surface area contributed by atoms with Crippen molar-refractivity contribution in [3.63, 3.8) is 0 Å². The van der Waals surface area contributed by atoms with Crippen molar-refractivity contribution in [1.29, 1.82) is 0 Å². The van der Waals surface area contributed by atoms with E-state index in [1.54, 1.807) is 0 Å². The Bertz CT molecular complexity index is 518. The summed E-state index contributed by atoms with van der Waals surface area (Å²) in [6.45, 7) is 3.85. The van der Waals surface area contributed by atoms with Crippen LogP contribution < -0.4 is 5.11 Å². The molecule has 0 fully saturated rings. The van der Waals surface area contributed by atoms with Gasteiger partial charge in [0.1, 0.15) is 6.33 Å². The van der Waals surface area contributed by atoms with Gasteiger partial charge in [0.15, 0.2) is 0 Å². The molecule has 0 saturated carbocycles. The van der Waals surface area contributed by atoms with E-state index in [1.807, 2.05) is 13.8 Å². The number of fused-ring (bicyclic) bond motifs is 1. The summed E-state index contributed by atoms with van der Waals surface area (Å²) in [4.78, 5) is 18.9. The van der Waals surface area contributed by atoms with Crippen molar-refractivity contribution in [2.75, 3.05) is 0 Å². The molecule has 2 heterocycles. The maximum atomic E-state index is 10.9. The number of hydrogen-bond donors (Lipinski definition) is 0. The molecule has 2 rings (SSSR count). The van der Waals surface area contributed by atoms with Gasteiger partial charge in [-0.3, -0.25) is 0 Å². The third kappa shape index (κ3) is 1.54. The molecule has 0 aliphatic rings. The van der Waals surface area contributed by atoms with E-state index < -0.39 is 5.97 Å². The number of nitrogens with zero attached hydrogens (tertiary/aromatic N) is 4. The summed E-state index contributed by atoms with van der Waals surface area (Å²) in [5, 5.41) is 14.6. The van der Waals surface area contributed by atoms with E-state index in [2.05, 4.69) is 15.1 Å². The maximum absolute atomic E-state index is 10.9. The highest BCUT2D eigenvalue weighted by atomic mass is 16.4. The van der Waals surface area contributed by atoms with E-state index in [9.17, 15) is 9.90 Å². The van der Waals surface area contributed by atoms with E-state index in [4.69, 9.17) is 0 Å². The second kappa shape index (κ2) is 3.30. The molecule has 0 amide bonds. The first-order chi connectivity index (χ1) is 7.09. The molecular formula is C9H9N4O2-. The minimum Gasteiger partial charge on any atom is -0.543 e. The van der Waals surface area contributed by atoms with Crippen LogP contribution in [0, 0.1) is 0 Å². The summed E-state index contributed by atoms with van der Waals surface area (Å²) >= 11 is 0. The predicted molar refractivity (Wildman–Crippen MR) is 49.2 cm³/mol. The zero-order valence-electron chi connectivity index (χ0n) is 8.34. The van der Waals surface area contributed by atoms with Crippen molar-refractivity contribution >= 4 is 11.7 Å². The van der Waals surface area contributed by atoms with E-state index >= 15 is 0 Å². The third-order valence-electron chi connectivity index (χ3n) is 2.07. The first-order valence-corrected chi connectivity index (χ1v) is 4.51. The molecule has 0 N–H and O–H groups in total. The highest BCUT2D eigenvalue weighted by Gasteiger charge is 2.10. The first kappa shape index (κ1) is 9.57. The van der Waals surface area contributed by atoms with Gasteiger partial charge in [-0.1, -0.05) is 13.8 Å². The normalized spacial score (nSPS) is 11.1. The van der Waals surface area contributed by atoms with Gasteiger partial charge in [-0.05, 0) is 12.0 Å². The lowest BCUT2D eigenvalue weighted by Crippen LogP contribution is -2.26. The van der Waals surface area contributed by atoms with Crippen molar-refractivity contribution in [2.45, 2.75) is 19.8 Å². The van der Waals surface area contributed by atoms with Crippen LogP contribution in [0.1, 0.15) is 35.9 Å². The number of aromatic nitrogens is 4. The summed E-state index contributed by atoms with van der Waals surface area (Å²) in [6, 6.07) is 1.46. The molecule has 0 aromatic carbocycles. The maximum Gasteiger partial charge on any atom is 0.252 e. The van der Waals surface area contributed by atoms with Gasteiger partial charge in [-0.15, -0.1) is 0 Å². The number of carbonyl (C=O) groups excluding carboxylic acids is 1. The van der Waals surface area contributed by atoms with E-state index in [0.29, 0.717) is 5.69 Å². The summed E-state index contributed by atoms with van der Waals surface area (Å²) < 4.78 is 1.15. The highest BCUT2D eigenvalue weighted by Crippen LogP contribution is 2.13. The minimum atomic E-state index is -1.28. The number of rotatable bonds is 2. The van der Waals surface area contributed by atoms with Crippen molar-refractivity contribution in [2.24, 2.45) is 0 Å². The number of carbonyl (C=O) groups is 1. The molecule has 0 atom stereocenters. The molecule has 0 saturated heterocycles. The van der Waals surface area contributed by atoms with Crippen LogP contribution >= 0.6 is 0 Å². The van der Waals surface area contributed by atoms with Gasteiger partial charge in [0.05, 0.1) is 11.7 Å². The molecule has 0 bridgehead atoms. The summed E-state index contributed by atoms with van der Waals surface area (Å²) in [5.74, 6) is -0.875. The smallest absolute Gasteiger partial charge is 0.252 e. The van der Waals surface area contributed by atoms with Crippen LogP contribution in [0.25, 0.3) is 5.78 Å². The largest absolute Gasteiger partial charge is 0.543 e. The Hall–Kier alpha value is -1.98. The summed E-state index contributed by atoms with van der Waals surface area (Å²) in [5.41, 5.74) is 0.635. The van der Waals surface area contributed by atoms with Gasteiger partial charge in [-0.25, -0.2) is 4.98 Å². The fraction of sp³-hybridized carbons (Fsp3) is 0.333. The lowest BCUT2D eigenvalue weighted by molar-refractivity contribution is -0.255. The molecule has 2 aromatic rings. The van der Waals surface area contributed by atoms with Gasteiger partial charge >= 0.3 is 0 Å². The molecule has 0 unspecified atom stereocenters. The van der Waals surface area contributed by atoms with Gasteiger partial charge in [-0.2, -0.15) is 14.6 Å². The number of carboxylic acids is 1. The molecule has 0 spiro atoms. The Labute approximate surface area is 85.6 Å². The van der Waals surface area contributed by atoms with Crippen LogP contribution in [-0.2, 0) is 0 Å². The molecule has 0 aliphatic heterocycles. The SMILES string of the molecule is CC(C)c1cc(C(=O)[O-])n2ncnc2n1. The quantitative estimate of drug-likeness (QED) is 0.666. The van der Waals surface area contributed by atoms with Crippen LogP contribution in [0.4, 0.5) is 0 Å². The topological polar surface area (TPSA) is 83.2 Å². The monoisotopic (exact) mass is 205 g/mol. The Morgan fingerprint density at radius 2 is 2.27 bits per heavy atom. The number of aromatic carboxylic acids is 1. The van der Waals surface area contributed by atoms with Gasteiger partial charge < -0.3 is 9.90 Å². The molecule has 6 heteroatoms. The second-order valence-electron chi connectivity index (χ2n) is 3.48. The lowest BCUT2D eigenvalue weighted by atomic mass is 10.1. The van der Waals surface area contributed by atoms with E-state index in [-0.39, 0.29) is 17.4 Å². The zero-order valence-corrected chi connectivity index (χ0v) is 8.34. The second-order valence-corrected chi connectivity index (χ2v) is 3.48. The number of carboxylic acid groups (broad SMARTS) is 1. The average molecular weight is 205 g/mol. The van der Waals surface area contributed by atoms with Crippen molar-refractivity contribution in [3.8, 4) is 0 Å². The molecule has 0 aliphatic carbocycles. The van der Waals surface area contributed by atoms with E-state index in [1.165, 1.54) is 12.4 Å². The fourth-order valence-electron chi connectivity index (χ4n) is 1.27. The molecule has 2 aromatic heterocycles. The predicted octanol–water partition coefficient (Wildman–Crippen LogP) is -0.389. The standard InChI is InChI=1S/C9H10N4O2/c1-5(2)6-3-7(8(14)15)13-9(12-6)10-4-11-13/h3-5H,1-2H3,(H,14,15)/p-1. The van der Waals surface area contributed by atoms with Crippen LogP contribution in [0.2, 0.25) is 0 Å². The Morgan fingerprint density at radius 1 is 1.53 bits per heavy atom.